The molecule has 1 N–H and O–H groups in total. The van der Waals surface area contributed by atoms with Crippen molar-refractivity contribution in [2.45, 2.75) is 19.3 Å². The summed E-state index contributed by atoms with van der Waals surface area (Å²) in [5.41, 5.74) is 7.09. The van der Waals surface area contributed by atoms with Gasteiger partial charge >= 0.3 is 6.03 Å². The molecule has 0 saturated heterocycles. The summed E-state index contributed by atoms with van der Waals surface area (Å²) in [6.45, 7) is 0.620. The number of fused-ring (bicyclic) bond motifs is 3. The van der Waals surface area contributed by atoms with Gasteiger partial charge in [-0.2, -0.15) is 0 Å². The maximum Gasteiger partial charge on any atom is 0.331 e. The predicted octanol–water partition coefficient (Wildman–Crippen LogP) is 6.01. The van der Waals surface area contributed by atoms with Crippen molar-refractivity contribution in [3.8, 4) is 11.1 Å². The first-order chi connectivity index (χ1) is 13.6. The molecular weight excluding hydrogens is 432 g/mol. The van der Waals surface area contributed by atoms with Crippen LogP contribution in [0.25, 0.3) is 11.1 Å². The molecule has 0 bridgehead atoms. The fourth-order valence-electron chi connectivity index (χ4n) is 3.62. The minimum Gasteiger partial charge on any atom is -0.337 e. The molecule has 0 radical (unpaired) electrons. The molecule has 0 aliphatic heterocycles. The molecule has 28 heavy (non-hydrogen) atoms. The lowest BCUT2D eigenvalue weighted by atomic mass is 10.1. The molecule has 5 heteroatoms. The molecule has 4 rings (SSSR count). The van der Waals surface area contributed by atoms with Crippen molar-refractivity contribution in [1.82, 2.24) is 5.32 Å². The van der Waals surface area contributed by atoms with Crippen LogP contribution >= 0.6 is 28.7 Å². The molecule has 0 saturated carbocycles. The highest BCUT2D eigenvalue weighted by atomic mass is 79.9. The number of urea groups is 1. The van der Waals surface area contributed by atoms with E-state index in [2.05, 4.69) is 76.5 Å². The number of halogens is 1. The van der Waals surface area contributed by atoms with Crippen LogP contribution in [0.15, 0.2) is 71.2 Å². The zero-order valence-electron chi connectivity index (χ0n) is 15.4. The maximum atomic E-state index is 12.5. The smallest absolute Gasteiger partial charge is 0.331 e. The first-order valence-corrected chi connectivity index (χ1v) is 10.5. The summed E-state index contributed by atoms with van der Waals surface area (Å²) >= 11 is 7.96. The second-order valence-electron chi connectivity index (χ2n) is 6.95. The molecule has 0 aromatic heterocycles. The zero-order chi connectivity index (χ0) is 19.5. The van der Waals surface area contributed by atoms with Crippen LogP contribution in [-0.2, 0) is 12.8 Å². The van der Waals surface area contributed by atoms with Crippen LogP contribution in [0.2, 0.25) is 0 Å². The van der Waals surface area contributed by atoms with E-state index in [1.807, 2.05) is 24.3 Å². The lowest BCUT2D eigenvalue weighted by Crippen LogP contribution is -2.34. The van der Waals surface area contributed by atoms with Crippen LogP contribution < -0.4 is 9.62 Å². The highest BCUT2D eigenvalue weighted by Crippen LogP contribution is 2.39. The van der Waals surface area contributed by atoms with Gasteiger partial charge in [0.25, 0.3) is 0 Å². The Bertz CT molecular complexity index is 1010. The van der Waals surface area contributed by atoms with Gasteiger partial charge in [0.05, 0.1) is 5.69 Å². The van der Waals surface area contributed by atoms with Gasteiger partial charge in [0, 0.05) is 11.0 Å². The Morgan fingerprint density at radius 3 is 2.50 bits per heavy atom. The summed E-state index contributed by atoms with van der Waals surface area (Å²) in [6.07, 6.45) is 2.71. The Kier molecular flexibility index (Phi) is 5.74. The highest BCUT2D eigenvalue weighted by Gasteiger charge is 2.21. The third-order valence-electron chi connectivity index (χ3n) is 5.03. The molecule has 3 aromatic carbocycles. The summed E-state index contributed by atoms with van der Waals surface area (Å²) in [5, 5.41) is 2.95. The lowest BCUT2D eigenvalue weighted by Gasteiger charge is -2.17. The molecule has 0 fully saturated rings. The number of benzene rings is 3. The number of aryl methyl sites for hydroxylation is 1. The van der Waals surface area contributed by atoms with Gasteiger partial charge in [-0.25, -0.2) is 9.10 Å². The van der Waals surface area contributed by atoms with Crippen molar-refractivity contribution >= 4 is 40.5 Å². The van der Waals surface area contributed by atoms with Crippen molar-refractivity contribution in [2.24, 2.45) is 0 Å². The number of thiol groups is 1. The number of anilines is 1. The van der Waals surface area contributed by atoms with Gasteiger partial charge in [0.2, 0.25) is 0 Å². The number of hydrogen-bond acceptors (Lipinski definition) is 2. The van der Waals surface area contributed by atoms with Gasteiger partial charge in [-0.15, -0.1) is 0 Å². The van der Waals surface area contributed by atoms with Crippen molar-refractivity contribution in [3.63, 3.8) is 0 Å². The van der Waals surface area contributed by atoms with Gasteiger partial charge in [0.15, 0.2) is 0 Å². The molecule has 142 valence electrons. The fourth-order valence-corrected chi connectivity index (χ4v) is 4.23. The van der Waals surface area contributed by atoms with Crippen LogP contribution in [-0.4, -0.2) is 12.6 Å². The van der Waals surface area contributed by atoms with E-state index < -0.39 is 0 Å². The Hall–Kier alpha value is -2.24. The third kappa shape index (κ3) is 4.10. The minimum atomic E-state index is -0.199. The first-order valence-electron chi connectivity index (χ1n) is 9.34. The number of amides is 2. The van der Waals surface area contributed by atoms with E-state index in [-0.39, 0.29) is 6.03 Å². The van der Waals surface area contributed by atoms with E-state index in [0.717, 1.165) is 29.4 Å². The van der Waals surface area contributed by atoms with E-state index in [4.69, 9.17) is 0 Å². The van der Waals surface area contributed by atoms with Crippen LogP contribution in [0.5, 0.6) is 0 Å². The van der Waals surface area contributed by atoms with E-state index in [1.54, 1.807) is 0 Å². The molecule has 0 atom stereocenters. The fraction of sp³-hybridized carbons (Fsp3) is 0.174. The van der Waals surface area contributed by atoms with E-state index >= 15 is 0 Å². The summed E-state index contributed by atoms with van der Waals surface area (Å²) in [4.78, 5) is 12.5. The van der Waals surface area contributed by atoms with Crippen LogP contribution in [0, 0.1) is 0 Å². The average molecular weight is 453 g/mol. The second-order valence-corrected chi connectivity index (χ2v) is 8.27. The Morgan fingerprint density at radius 2 is 1.71 bits per heavy atom. The molecule has 1 aliphatic rings. The molecule has 2 amide bonds. The number of carbonyl (C=O) groups is 1. The highest BCUT2D eigenvalue weighted by molar-refractivity contribution is 9.10. The third-order valence-corrected chi connectivity index (χ3v) is 5.93. The lowest BCUT2D eigenvalue weighted by molar-refractivity contribution is 0.250. The summed E-state index contributed by atoms with van der Waals surface area (Å²) in [7, 11) is 0. The second kappa shape index (κ2) is 8.41. The number of nitrogens with zero attached hydrogens (tertiary/aromatic N) is 1. The van der Waals surface area contributed by atoms with Crippen LogP contribution in [0.3, 0.4) is 0 Å². The average Bonchev–Trinajstić information content (AvgIpc) is 3.07. The summed E-state index contributed by atoms with van der Waals surface area (Å²) in [6, 6.07) is 22.5. The van der Waals surface area contributed by atoms with Gasteiger partial charge in [-0.1, -0.05) is 71.2 Å². The first kappa shape index (κ1) is 19.1. The van der Waals surface area contributed by atoms with E-state index in [0.29, 0.717) is 6.54 Å². The Balaban J connectivity index is 1.36. The predicted molar refractivity (Wildman–Crippen MR) is 122 cm³/mol. The van der Waals surface area contributed by atoms with Crippen LogP contribution in [0.1, 0.15) is 23.1 Å². The largest absolute Gasteiger partial charge is 0.337 e. The van der Waals surface area contributed by atoms with Crippen molar-refractivity contribution < 1.29 is 4.79 Å². The van der Waals surface area contributed by atoms with Crippen molar-refractivity contribution in [3.05, 3.63) is 87.9 Å². The van der Waals surface area contributed by atoms with Gasteiger partial charge in [-0.3, -0.25) is 0 Å². The van der Waals surface area contributed by atoms with Crippen LogP contribution in [0.4, 0.5) is 10.5 Å². The van der Waals surface area contributed by atoms with Gasteiger partial charge in [-0.05, 0) is 71.3 Å². The normalized spacial score (nSPS) is 11.6. The molecule has 0 unspecified atom stereocenters. The minimum absolute atomic E-state index is 0.199. The van der Waals surface area contributed by atoms with Crippen molar-refractivity contribution in [1.29, 1.82) is 0 Å². The Labute approximate surface area is 179 Å². The molecule has 3 nitrogen and oxygen atoms in total. The molecular formula is C23H21BrN2OS. The maximum absolute atomic E-state index is 12.5. The monoisotopic (exact) mass is 452 g/mol. The standard InChI is InChI=1S/C23H21BrN2OS/c24-19-8-10-21-17(14-19)13-18-15-20(9-11-22(18)21)26(28)23(27)25-12-4-7-16-5-2-1-3-6-16/h1-3,5-6,8-11,14-15,28H,4,7,12-13H2,(H,25,27). The number of carbonyl (C=O) groups excluding carboxylic acids is 1. The Morgan fingerprint density at radius 1 is 1.00 bits per heavy atom. The molecule has 0 heterocycles. The van der Waals surface area contributed by atoms with Crippen molar-refractivity contribution in [2.75, 3.05) is 10.8 Å². The number of rotatable bonds is 5. The topological polar surface area (TPSA) is 32.3 Å². The van der Waals surface area contributed by atoms with E-state index in [9.17, 15) is 4.79 Å². The number of nitrogens with one attached hydrogen (secondary N) is 1. The summed E-state index contributed by atoms with van der Waals surface area (Å²) < 4.78 is 2.48. The quantitative estimate of drug-likeness (QED) is 0.281. The SMILES string of the molecule is O=C(NCCCc1ccccc1)N(S)c1ccc2c(c1)Cc1cc(Br)ccc1-2. The van der Waals surface area contributed by atoms with Gasteiger partial charge in [0.1, 0.15) is 0 Å². The summed E-state index contributed by atoms with van der Waals surface area (Å²) in [5.74, 6) is 0. The van der Waals surface area contributed by atoms with Gasteiger partial charge < -0.3 is 5.32 Å². The number of hydrogen-bond donors (Lipinski definition) is 2. The zero-order valence-corrected chi connectivity index (χ0v) is 17.8. The van der Waals surface area contributed by atoms with E-state index in [1.165, 1.54) is 32.1 Å². The molecule has 1 aliphatic carbocycles. The molecule has 0 spiro atoms. The molecule has 3 aromatic rings.